The van der Waals surface area contributed by atoms with E-state index in [0.717, 1.165) is 22.6 Å². The maximum Gasteiger partial charge on any atom is 0.416 e. The van der Waals surface area contributed by atoms with Gasteiger partial charge in [0.1, 0.15) is 5.82 Å². The Balaban J connectivity index is 1.44. The predicted molar refractivity (Wildman–Crippen MR) is 103 cm³/mol. The molecule has 4 nitrogen and oxygen atoms in total. The van der Waals surface area contributed by atoms with Crippen LogP contribution in [0.3, 0.4) is 0 Å². The molecule has 1 aromatic heterocycles. The standard InChI is InChI=1S/C20H15F4N3OS/c21-15-3-1-2-12(8-15)9-16-11-25-18(29-16)26-19(28)27-7-6-13-10-14(20(22,23)24)4-5-17(13)27/h1-5,8,10-11H,6-7,9H2,(H,25,26,28). The molecule has 2 heterocycles. The van der Waals surface area contributed by atoms with Gasteiger partial charge < -0.3 is 0 Å². The fourth-order valence-electron chi connectivity index (χ4n) is 3.24. The maximum atomic E-state index is 13.3. The SMILES string of the molecule is O=C(Nc1ncc(Cc2cccc(F)c2)s1)N1CCc2cc(C(F)(F)F)ccc21. The highest BCUT2D eigenvalue weighted by Gasteiger charge is 2.33. The number of nitrogens with one attached hydrogen (secondary N) is 1. The summed E-state index contributed by atoms with van der Waals surface area (Å²) in [6.07, 6.45) is -1.96. The van der Waals surface area contributed by atoms with Crippen molar-refractivity contribution in [1.82, 2.24) is 4.98 Å². The molecule has 9 heteroatoms. The Kier molecular flexibility index (Phi) is 4.99. The predicted octanol–water partition coefficient (Wildman–Crippen LogP) is 5.49. The molecule has 29 heavy (non-hydrogen) atoms. The van der Waals surface area contributed by atoms with Crippen molar-refractivity contribution in [2.75, 3.05) is 16.8 Å². The molecule has 3 aromatic rings. The highest BCUT2D eigenvalue weighted by Crippen LogP contribution is 2.36. The van der Waals surface area contributed by atoms with Gasteiger partial charge in [0.05, 0.1) is 5.56 Å². The second-order valence-electron chi connectivity index (χ2n) is 6.61. The Labute approximate surface area is 167 Å². The molecule has 2 aromatic carbocycles. The molecule has 2 amide bonds. The number of rotatable bonds is 3. The van der Waals surface area contributed by atoms with E-state index < -0.39 is 17.8 Å². The van der Waals surface area contributed by atoms with Crippen LogP contribution in [0.15, 0.2) is 48.7 Å². The monoisotopic (exact) mass is 421 g/mol. The largest absolute Gasteiger partial charge is 0.416 e. The summed E-state index contributed by atoms with van der Waals surface area (Å²) in [5, 5.41) is 3.06. The molecule has 0 aliphatic carbocycles. The van der Waals surface area contributed by atoms with Crippen LogP contribution in [0.2, 0.25) is 0 Å². The van der Waals surface area contributed by atoms with E-state index in [4.69, 9.17) is 0 Å². The zero-order valence-corrected chi connectivity index (χ0v) is 15.8. The first kappa shape index (κ1) is 19.4. The maximum absolute atomic E-state index is 13.3. The minimum absolute atomic E-state index is 0.296. The van der Waals surface area contributed by atoms with Gasteiger partial charge in [-0.15, -0.1) is 11.3 Å². The van der Waals surface area contributed by atoms with Crippen LogP contribution < -0.4 is 10.2 Å². The van der Waals surface area contributed by atoms with Crippen LogP contribution in [0.25, 0.3) is 0 Å². The summed E-state index contributed by atoms with van der Waals surface area (Å²) in [7, 11) is 0. The average Bonchev–Trinajstić information content (AvgIpc) is 3.27. The number of halogens is 4. The van der Waals surface area contributed by atoms with E-state index in [1.54, 1.807) is 18.3 Å². The van der Waals surface area contributed by atoms with Crippen molar-refractivity contribution >= 4 is 28.2 Å². The number of fused-ring (bicyclic) bond motifs is 1. The van der Waals surface area contributed by atoms with Crippen LogP contribution in [-0.4, -0.2) is 17.6 Å². The molecule has 1 aliphatic heterocycles. The minimum atomic E-state index is -4.41. The summed E-state index contributed by atoms with van der Waals surface area (Å²) in [6.45, 7) is 0.296. The molecule has 0 saturated carbocycles. The molecular formula is C20H15F4N3OS. The fraction of sp³-hybridized carbons (Fsp3) is 0.200. The number of carbonyl (C=O) groups is 1. The Morgan fingerprint density at radius 3 is 2.79 bits per heavy atom. The van der Waals surface area contributed by atoms with Gasteiger partial charge in [-0.25, -0.2) is 14.2 Å². The summed E-state index contributed by atoms with van der Waals surface area (Å²) in [4.78, 5) is 19.0. The number of aromatic nitrogens is 1. The van der Waals surface area contributed by atoms with E-state index >= 15 is 0 Å². The van der Waals surface area contributed by atoms with E-state index in [2.05, 4.69) is 10.3 Å². The first-order valence-electron chi connectivity index (χ1n) is 8.77. The second-order valence-corrected chi connectivity index (χ2v) is 7.73. The number of hydrogen-bond acceptors (Lipinski definition) is 3. The highest BCUT2D eigenvalue weighted by molar-refractivity contribution is 7.15. The van der Waals surface area contributed by atoms with E-state index in [0.29, 0.717) is 35.8 Å². The Morgan fingerprint density at radius 1 is 1.21 bits per heavy atom. The van der Waals surface area contributed by atoms with Gasteiger partial charge in [-0.1, -0.05) is 12.1 Å². The van der Waals surface area contributed by atoms with Crippen molar-refractivity contribution in [2.45, 2.75) is 19.0 Å². The third kappa shape index (κ3) is 4.24. The molecule has 0 atom stereocenters. The first-order chi connectivity index (χ1) is 13.8. The summed E-state index contributed by atoms with van der Waals surface area (Å²) in [5.74, 6) is -0.318. The molecule has 0 unspecified atom stereocenters. The van der Waals surface area contributed by atoms with Crippen LogP contribution in [0.4, 0.5) is 33.2 Å². The lowest BCUT2D eigenvalue weighted by Gasteiger charge is -2.17. The Morgan fingerprint density at radius 2 is 2.03 bits per heavy atom. The van der Waals surface area contributed by atoms with E-state index in [1.807, 2.05) is 0 Å². The summed E-state index contributed by atoms with van der Waals surface area (Å²) < 4.78 is 51.9. The third-order valence-corrected chi connectivity index (χ3v) is 5.50. The van der Waals surface area contributed by atoms with Gasteiger partial charge in [0.15, 0.2) is 5.13 Å². The van der Waals surface area contributed by atoms with Gasteiger partial charge in [-0.2, -0.15) is 13.2 Å². The second kappa shape index (κ2) is 7.47. The smallest absolute Gasteiger partial charge is 0.294 e. The van der Waals surface area contributed by atoms with Crippen LogP contribution in [0, 0.1) is 5.82 Å². The number of alkyl halides is 3. The van der Waals surface area contributed by atoms with E-state index in [-0.39, 0.29) is 5.82 Å². The number of thiazole rings is 1. The number of hydrogen-bond donors (Lipinski definition) is 1. The first-order valence-corrected chi connectivity index (χ1v) is 9.59. The Bertz CT molecular complexity index is 1060. The fourth-order valence-corrected chi connectivity index (χ4v) is 4.08. The lowest BCUT2D eigenvalue weighted by molar-refractivity contribution is -0.137. The summed E-state index contributed by atoms with van der Waals surface area (Å²) in [5.41, 5.74) is 1.02. The van der Waals surface area contributed by atoms with Gasteiger partial charge in [0.25, 0.3) is 0 Å². The number of amides is 2. The molecular weight excluding hydrogens is 406 g/mol. The summed E-state index contributed by atoms with van der Waals surface area (Å²) >= 11 is 1.27. The molecule has 1 N–H and O–H groups in total. The van der Waals surface area contributed by atoms with Crippen molar-refractivity contribution in [3.05, 3.63) is 76.0 Å². The van der Waals surface area contributed by atoms with Crippen molar-refractivity contribution in [2.24, 2.45) is 0 Å². The highest BCUT2D eigenvalue weighted by atomic mass is 32.1. The van der Waals surface area contributed by atoms with Gasteiger partial charge in [-0.05, 0) is 47.9 Å². The number of urea groups is 1. The topological polar surface area (TPSA) is 45.2 Å². The minimum Gasteiger partial charge on any atom is -0.294 e. The molecule has 1 aliphatic rings. The van der Waals surface area contributed by atoms with Gasteiger partial charge >= 0.3 is 12.2 Å². The molecule has 0 saturated heterocycles. The van der Waals surface area contributed by atoms with Crippen LogP contribution in [-0.2, 0) is 19.0 Å². The van der Waals surface area contributed by atoms with Crippen LogP contribution in [0.1, 0.15) is 21.6 Å². The van der Waals surface area contributed by atoms with Crippen molar-refractivity contribution in [3.63, 3.8) is 0 Å². The number of nitrogens with zero attached hydrogens (tertiary/aromatic N) is 2. The normalized spacial score (nSPS) is 13.4. The lowest BCUT2D eigenvalue weighted by Crippen LogP contribution is -2.33. The molecule has 0 spiro atoms. The molecule has 0 fully saturated rings. The molecule has 4 rings (SSSR count). The van der Waals surface area contributed by atoms with Crippen molar-refractivity contribution in [3.8, 4) is 0 Å². The summed E-state index contributed by atoms with van der Waals surface area (Å²) in [6, 6.07) is 9.17. The zero-order chi connectivity index (χ0) is 20.6. The number of benzene rings is 2. The molecule has 0 radical (unpaired) electrons. The van der Waals surface area contributed by atoms with Crippen molar-refractivity contribution in [1.29, 1.82) is 0 Å². The lowest BCUT2D eigenvalue weighted by atomic mass is 10.1. The third-order valence-electron chi connectivity index (χ3n) is 4.58. The average molecular weight is 421 g/mol. The van der Waals surface area contributed by atoms with E-state index in [9.17, 15) is 22.4 Å². The Hall–Kier alpha value is -2.94. The van der Waals surface area contributed by atoms with Gasteiger partial charge in [0.2, 0.25) is 0 Å². The quantitative estimate of drug-likeness (QED) is 0.569. The number of carbonyl (C=O) groups excluding carboxylic acids is 1. The van der Waals surface area contributed by atoms with Gasteiger partial charge in [-0.3, -0.25) is 10.2 Å². The molecule has 150 valence electrons. The zero-order valence-electron chi connectivity index (χ0n) is 15.0. The van der Waals surface area contributed by atoms with Crippen LogP contribution >= 0.6 is 11.3 Å². The van der Waals surface area contributed by atoms with E-state index in [1.165, 1.54) is 34.4 Å². The number of anilines is 2. The molecule has 0 bridgehead atoms. The van der Waals surface area contributed by atoms with Crippen LogP contribution in [0.5, 0.6) is 0 Å². The van der Waals surface area contributed by atoms with Gasteiger partial charge in [0, 0.05) is 29.7 Å². The van der Waals surface area contributed by atoms with Crippen molar-refractivity contribution < 1.29 is 22.4 Å².